The summed E-state index contributed by atoms with van der Waals surface area (Å²) in [5.41, 5.74) is 7.68. The molecule has 1 heterocycles. The van der Waals surface area contributed by atoms with Crippen LogP contribution in [0.2, 0.25) is 0 Å². The Labute approximate surface area is 77.6 Å². The molecule has 0 unspecified atom stereocenters. The quantitative estimate of drug-likeness (QED) is 0.690. The van der Waals surface area contributed by atoms with Crippen LogP contribution in [-0.4, -0.2) is 19.1 Å². The van der Waals surface area contributed by atoms with Crippen LogP contribution >= 0.6 is 0 Å². The molecule has 0 saturated carbocycles. The van der Waals surface area contributed by atoms with E-state index < -0.39 is 0 Å². The van der Waals surface area contributed by atoms with E-state index in [-0.39, 0.29) is 0 Å². The van der Waals surface area contributed by atoms with Gasteiger partial charge in [-0.3, -0.25) is 0 Å². The normalized spacial score (nSPS) is 9.38. The smallest absolute Gasteiger partial charge is 0.143 e. The van der Waals surface area contributed by atoms with Crippen LogP contribution in [0, 0.1) is 18.3 Å². The highest BCUT2D eigenvalue weighted by Gasteiger charge is 2.09. The second-order valence-electron chi connectivity index (χ2n) is 3.05. The van der Waals surface area contributed by atoms with Gasteiger partial charge in [0.2, 0.25) is 0 Å². The van der Waals surface area contributed by atoms with E-state index in [1.165, 1.54) is 0 Å². The fourth-order valence-corrected chi connectivity index (χ4v) is 1.15. The van der Waals surface area contributed by atoms with Crippen molar-refractivity contribution in [3.63, 3.8) is 0 Å². The Morgan fingerprint density at radius 3 is 2.62 bits per heavy atom. The number of pyridine rings is 1. The third kappa shape index (κ3) is 1.70. The molecular weight excluding hydrogens is 164 g/mol. The fourth-order valence-electron chi connectivity index (χ4n) is 1.15. The molecule has 2 N–H and O–H groups in total. The van der Waals surface area contributed by atoms with Crippen LogP contribution in [0.4, 0.5) is 11.5 Å². The molecule has 0 spiro atoms. The monoisotopic (exact) mass is 176 g/mol. The summed E-state index contributed by atoms with van der Waals surface area (Å²) in [6.07, 6.45) is 0. The summed E-state index contributed by atoms with van der Waals surface area (Å²) in [5.74, 6) is 0.297. The molecule has 0 aliphatic carbocycles. The molecule has 0 atom stereocenters. The first kappa shape index (κ1) is 9.33. The van der Waals surface area contributed by atoms with Crippen LogP contribution < -0.4 is 10.6 Å². The van der Waals surface area contributed by atoms with Gasteiger partial charge in [0.15, 0.2) is 0 Å². The molecule has 0 saturated heterocycles. The number of nitrogens with zero attached hydrogens (tertiary/aromatic N) is 3. The van der Waals surface area contributed by atoms with Crippen molar-refractivity contribution >= 4 is 11.5 Å². The Kier molecular flexibility index (Phi) is 2.38. The first-order valence-electron chi connectivity index (χ1n) is 3.90. The van der Waals surface area contributed by atoms with Crippen molar-refractivity contribution in [3.05, 3.63) is 17.3 Å². The van der Waals surface area contributed by atoms with Crippen molar-refractivity contribution in [1.29, 1.82) is 5.26 Å². The van der Waals surface area contributed by atoms with E-state index in [0.717, 1.165) is 11.4 Å². The molecule has 0 aliphatic rings. The molecule has 0 aromatic carbocycles. The number of aryl methyl sites for hydroxylation is 1. The van der Waals surface area contributed by atoms with E-state index in [9.17, 15) is 0 Å². The van der Waals surface area contributed by atoms with E-state index in [1.54, 1.807) is 0 Å². The van der Waals surface area contributed by atoms with Crippen molar-refractivity contribution in [2.24, 2.45) is 0 Å². The van der Waals surface area contributed by atoms with Crippen LogP contribution in [0.5, 0.6) is 0 Å². The Bertz CT molecular complexity index is 363. The zero-order valence-corrected chi connectivity index (χ0v) is 8.00. The van der Waals surface area contributed by atoms with Crippen molar-refractivity contribution in [3.8, 4) is 6.07 Å². The van der Waals surface area contributed by atoms with Crippen LogP contribution in [-0.2, 0) is 0 Å². The molecular formula is C9H12N4. The van der Waals surface area contributed by atoms with E-state index in [0.29, 0.717) is 11.4 Å². The Morgan fingerprint density at radius 1 is 1.54 bits per heavy atom. The summed E-state index contributed by atoms with van der Waals surface area (Å²) in [5, 5.41) is 8.84. The summed E-state index contributed by atoms with van der Waals surface area (Å²) < 4.78 is 0. The van der Waals surface area contributed by atoms with E-state index in [4.69, 9.17) is 11.0 Å². The summed E-state index contributed by atoms with van der Waals surface area (Å²) >= 11 is 0. The lowest BCUT2D eigenvalue weighted by Gasteiger charge is -2.15. The fraction of sp³-hybridized carbons (Fsp3) is 0.333. The molecule has 13 heavy (non-hydrogen) atoms. The average Bonchev–Trinajstić information content (AvgIpc) is 2.02. The van der Waals surface area contributed by atoms with Gasteiger partial charge in [0.05, 0.1) is 5.69 Å². The first-order chi connectivity index (χ1) is 6.06. The molecule has 0 radical (unpaired) electrons. The predicted octanol–water partition coefficient (Wildman–Crippen LogP) is 0.910. The molecule has 68 valence electrons. The number of aromatic nitrogens is 1. The standard InChI is InChI=1S/C9H12N4/c1-6-4-8(13(2)3)7(5-10)9(11)12-6/h4H,1-3H3,(H2,11,12). The molecule has 0 bridgehead atoms. The summed E-state index contributed by atoms with van der Waals surface area (Å²) in [7, 11) is 3.74. The van der Waals surface area contributed by atoms with Gasteiger partial charge in [-0.2, -0.15) is 5.26 Å². The average molecular weight is 176 g/mol. The minimum absolute atomic E-state index is 0.297. The number of hydrogen-bond donors (Lipinski definition) is 1. The molecule has 4 heteroatoms. The lowest BCUT2D eigenvalue weighted by Crippen LogP contribution is -2.12. The van der Waals surface area contributed by atoms with Gasteiger partial charge in [-0.1, -0.05) is 0 Å². The zero-order valence-electron chi connectivity index (χ0n) is 8.00. The number of hydrogen-bond acceptors (Lipinski definition) is 4. The van der Waals surface area contributed by atoms with Gasteiger partial charge in [0.1, 0.15) is 17.5 Å². The van der Waals surface area contributed by atoms with Gasteiger partial charge in [0.25, 0.3) is 0 Å². The van der Waals surface area contributed by atoms with E-state index in [1.807, 2.05) is 38.1 Å². The minimum atomic E-state index is 0.297. The van der Waals surface area contributed by atoms with Crippen molar-refractivity contribution in [1.82, 2.24) is 4.98 Å². The zero-order chi connectivity index (χ0) is 10.0. The van der Waals surface area contributed by atoms with Crippen LogP contribution in [0.25, 0.3) is 0 Å². The maximum Gasteiger partial charge on any atom is 0.143 e. The number of rotatable bonds is 1. The van der Waals surface area contributed by atoms with Crippen molar-refractivity contribution in [2.45, 2.75) is 6.92 Å². The maximum atomic E-state index is 8.84. The predicted molar refractivity (Wildman–Crippen MR) is 52.4 cm³/mol. The van der Waals surface area contributed by atoms with Crippen LogP contribution in [0.15, 0.2) is 6.07 Å². The second kappa shape index (κ2) is 3.31. The van der Waals surface area contributed by atoms with Gasteiger partial charge < -0.3 is 10.6 Å². The van der Waals surface area contributed by atoms with Gasteiger partial charge in [-0.05, 0) is 13.0 Å². The van der Waals surface area contributed by atoms with E-state index >= 15 is 0 Å². The summed E-state index contributed by atoms with van der Waals surface area (Å²) in [6, 6.07) is 3.89. The Balaban J connectivity index is 3.41. The van der Waals surface area contributed by atoms with Crippen LogP contribution in [0.1, 0.15) is 11.3 Å². The molecule has 1 aromatic rings. The highest BCUT2D eigenvalue weighted by molar-refractivity contribution is 5.67. The Hall–Kier alpha value is -1.76. The number of nitrogen functional groups attached to an aromatic ring is 1. The second-order valence-corrected chi connectivity index (χ2v) is 3.05. The van der Waals surface area contributed by atoms with Gasteiger partial charge in [0, 0.05) is 19.8 Å². The minimum Gasteiger partial charge on any atom is -0.383 e. The van der Waals surface area contributed by atoms with Crippen LogP contribution in [0.3, 0.4) is 0 Å². The van der Waals surface area contributed by atoms with Gasteiger partial charge in [-0.15, -0.1) is 0 Å². The van der Waals surface area contributed by atoms with Crippen molar-refractivity contribution < 1.29 is 0 Å². The maximum absolute atomic E-state index is 8.84. The molecule has 0 fully saturated rings. The third-order valence-corrected chi connectivity index (χ3v) is 1.75. The lowest BCUT2D eigenvalue weighted by molar-refractivity contribution is 1.09. The van der Waals surface area contributed by atoms with Gasteiger partial charge >= 0.3 is 0 Å². The summed E-state index contributed by atoms with van der Waals surface area (Å²) in [4.78, 5) is 5.87. The third-order valence-electron chi connectivity index (χ3n) is 1.75. The van der Waals surface area contributed by atoms with Crippen molar-refractivity contribution in [2.75, 3.05) is 24.7 Å². The molecule has 0 amide bonds. The first-order valence-corrected chi connectivity index (χ1v) is 3.90. The largest absolute Gasteiger partial charge is 0.383 e. The lowest BCUT2D eigenvalue weighted by atomic mass is 10.2. The highest BCUT2D eigenvalue weighted by Crippen LogP contribution is 2.22. The number of nitriles is 1. The molecule has 0 aliphatic heterocycles. The number of nitrogens with two attached hydrogens (primary N) is 1. The van der Waals surface area contributed by atoms with Gasteiger partial charge in [-0.25, -0.2) is 4.98 Å². The molecule has 4 nitrogen and oxygen atoms in total. The summed E-state index contributed by atoms with van der Waals surface area (Å²) in [6.45, 7) is 1.85. The Morgan fingerprint density at radius 2 is 2.15 bits per heavy atom. The van der Waals surface area contributed by atoms with E-state index in [2.05, 4.69) is 4.98 Å². The SMILES string of the molecule is Cc1cc(N(C)C)c(C#N)c(N)n1. The highest BCUT2D eigenvalue weighted by atomic mass is 15.1. The topological polar surface area (TPSA) is 65.9 Å². The number of anilines is 2. The molecule has 1 rings (SSSR count). The molecule has 1 aromatic heterocycles.